The molecule has 0 saturated heterocycles. The molecule has 0 saturated carbocycles. The van der Waals surface area contributed by atoms with Gasteiger partial charge in [0.2, 0.25) is 0 Å². The molecule has 0 radical (unpaired) electrons. The third-order valence-electron chi connectivity index (χ3n) is 2.14. The molecule has 0 unspecified atom stereocenters. The first-order chi connectivity index (χ1) is 6.29. The van der Waals surface area contributed by atoms with Crippen LogP contribution < -0.4 is 9.64 Å². The minimum Gasteiger partial charge on any atom is -0.486 e. The van der Waals surface area contributed by atoms with E-state index in [1.165, 1.54) is 0 Å². The maximum atomic E-state index is 5.44. The predicted molar refractivity (Wildman–Crippen MR) is 50.0 cm³/mol. The summed E-state index contributed by atoms with van der Waals surface area (Å²) in [6.45, 7) is 5.93. The molecule has 0 bridgehead atoms. The molecule has 0 atom stereocenters. The Morgan fingerprint density at radius 1 is 1.54 bits per heavy atom. The van der Waals surface area contributed by atoms with Gasteiger partial charge in [-0.15, -0.1) is 0 Å². The molecule has 0 N–H and O–H groups in total. The van der Waals surface area contributed by atoms with Crippen molar-refractivity contribution < 1.29 is 4.74 Å². The van der Waals surface area contributed by atoms with Crippen LogP contribution in [0.2, 0.25) is 0 Å². The molecule has 1 aliphatic heterocycles. The molecule has 1 aromatic heterocycles. The summed E-state index contributed by atoms with van der Waals surface area (Å²) in [4.78, 5) is 10.4. The molecule has 0 fully saturated rings. The monoisotopic (exact) mass is 179 g/mol. The van der Waals surface area contributed by atoms with Gasteiger partial charge in [0.1, 0.15) is 12.9 Å². The Kier molecular flexibility index (Phi) is 2.04. The van der Waals surface area contributed by atoms with Crippen molar-refractivity contribution >= 4 is 5.82 Å². The van der Waals surface area contributed by atoms with Gasteiger partial charge in [-0.05, 0) is 13.8 Å². The van der Waals surface area contributed by atoms with Gasteiger partial charge in [0.15, 0.2) is 11.6 Å². The van der Waals surface area contributed by atoms with Gasteiger partial charge in [0, 0.05) is 6.04 Å². The zero-order chi connectivity index (χ0) is 9.26. The highest BCUT2D eigenvalue weighted by atomic mass is 16.5. The van der Waals surface area contributed by atoms with E-state index in [9.17, 15) is 0 Å². The lowest BCUT2D eigenvalue weighted by molar-refractivity contribution is 0.298. The van der Waals surface area contributed by atoms with Crippen LogP contribution in [-0.4, -0.2) is 29.2 Å². The number of fused-ring (bicyclic) bond motifs is 1. The lowest BCUT2D eigenvalue weighted by atomic mass is 10.3. The van der Waals surface area contributed by atoms with Crippen molar-refractivity contribution in [2.24, 2.45) is 0 Å². The first-order valence-corrected chi connectivity index (χ1v) is 4.48. The minimum atomic E-state index is 0.456. The normalized spacial score (nSPS) is 15.5. The summed E-state index contributed by atoms with van der Waals surface area (Å²) in [5.41, 5.74) is 0. The summed E-state index contributed by atoms with van der Waals surface area (Å²) < 4.78 is 5.44. The molecule has 4 heteroatoms. The van der Waals surface area contributed by atoms with Crippen molar-refractivity contribution in [3.8, 4) is 5.75 Å². The first-order valence-electron chi connectivity index (χ1n) is 4.48. The number of hydrogen-bond donors (Lipinski definition) is 0. The van der Waals surface area contributed by atoms with Gasteiger partial charge in [0.25, 0.3) is 0 Å². The van der Waals surface area contributed by atoms with E-state index < -0.39 is 0 Å². The van der Waals surface area contributed by atoms with E-state index in [4.69, 9.17) is 4.74 Å². The predicted octanol–water partition coefficient (Wildman–Crippen LogP) is 1.08. The van der Waals surface area contributed by atoms with Gasteiger partial charge in [-0.3, -0.25) is 0 Å². The topological polar surface area (TPSA) is 38.2 Å². The van der Waals surface area contributed by atoms with E-state index in [1.54, 1.807) is 12.5 Å². The molecule has 0 amide bonds. The molecule has 0 spiro atoms. The molecule has 1 aliphatic rings. The molecule has 0 aromatic carbocycles. The van der Waals surface area contributed by atoms with E-state index in [0.717, 1.165) is 24.7 Å². The fourth-order valence-electron chi connectivity index (χ4n) is 1.49. The van der Waals surface area contributed by atoms with Crippen molar-refractivity contribution in [2.45, 2.75) is 19.9 Å². The zero-order valence-corrected chi connectivity index (χ0v) is 7.90. The van der Waals surface area contributed by atoms with Crippen LogP contribution in [0.4, 0.5) is 5.82 Å². The van der Waals surface area contributed by atoms with Crippen LogP contribution in [0.1, 0.15) is 13.8 Å². The van der Waals surface area contributed by atoms with E-state index in [-0.39, 0.29) is 0 Å². The standard InChI is InChI=1S/C9H13N3O/c1-7(2)12-3-4-13-8-5-10-6-11-9(8)12/h5-7H,3-4H2,1-2H3. The molecule has 4 nitrogen and oxygen atoms in total. The second-order valence-electron chi connectivity index (χ2n) is 3.35. The Labute approximate surface area is 77.6 Å². The molecular weight excluding hydrogens is 166 g/mol. The highest BCUT2D eigenvalue weighted by Gasteiger charge is 2.21. The Morgan fingerprint density at radius 2 is 2.38 bits per heavy atom. The van der Waals surface area contributed by atoms with Crippen molar-refractivity contribution in [1.82, 2.24) is 9.97 Å². The molecule has 2 heterocycles. The number of nitrogens with zero attached hydrogens (tertiary/aromatic N) is 3. The number of aromatic nitrogens is 2. The lowest BCUT2D eigenvalue weighted by Gasteiger charge is -2.32. The van der Waals surface area contributed by atoms with E-state index >= 15 is 0 Å². The van der Waals surface area contributed by atoms with Crippen LogP contribution in [0.5, 0.6) is 5.75 Å². The number of anilines is 1. The van der Waals surface area contributed by atoms with Gasteiger partial charge in [-0.2, -0.15) is 0 Å². The van der Waals surface area contributed by atoms with Crippen LogP contribution >= 0.6 is 0 Å². The van der Waals surface area contributed by atoms with E-state index in [1.807, 2.05) is 0 Å². The van der Waals surface area contributed by atoms with E-state index in [0.29, 0.717) is 6.04 Å². The smallest absolute Gasteiger partial charge is 0.180 e. The quantitative estimate of drug-likeness (QED) is 0.646. The summed E-state index contributed by atoms with van der Waals surface area (Å²) >= 11 is 0. The highest BCUT2D eigenvalue weighted by Crippen LogP contribution is 2.28. The fraction of sp³-hybridized carbons (Fsp3) is 0.556. The maximum absolute atomic E-state index is 5.44. The summed E-state index contributed by atoms with van der Waals surface area (Å²) in [6.07, 6.45) is 3.28. The first kappa shape index (κ1) is 8.29. The third kappa shape index (κ3) is 1.43. The van der Waals surface area contributed by atoms with Crippen molar-refractivity contribution in [1.29, 1.82) is 0 Å². The third-order valence-corrected chi connectivity index (χ3v) is 2.14. The van der Waals surface area contributed by atoms with Crippen molar-refractivity contribution in [3.05, 3.63) is 12.5 Å². The van der Waals surface area contributed by atoms with Crippen LogP contribution in [0.3, 0.4) is 0 Å². The van der Waals surface area contributed by atoms with Crippen LogP contribution in [0.25, 0.3) is 0 Å². The minimum absolute atomic E-state index is 0.456. The van der Waals surface area contributed by atoms with Crippen LogP contribution in [0, 0.1) is 0 Å². The Balaban J connectivity index is 2.37. The lowest BCUT2D eigenvalue weighted by Crippen LogP contribution is -2.38. The van der Waals surface area contributed by atoms with Crippen molar-refractivity contribution in [3.63, 3.8) is 0 Å². The van der Waals surface area contributed by atoms with Crippen molar-refractivity contribution in [2.75, 3.05) is 18.1 Å². The molecule has 13 heavy (non-hydrogen) atoms. The Bertz CT molecular complexity index is 301. The largest absolute Gasteiger partial charge is 0.486 e. The molecule has 0 aliphatic carbocycles. The number of ether oxygens (including phenoxy) is 1. The molecule has 70 valence electrons. The van der Waals surface area contributed by atoms with Gasteiger partial charge < -0.3 is 9.64 Å². The highest BCUT2D eigenvalue weighted by molar-refractivity contribution is 5.52. The zero-order valence-electron chi connectivity index (χ0n) is 7.90. The summed E-state index contributed by atoms with van der Waals surface area (Å²) in [7, 11) is 0. The maximum Gasteiger partial charge on any atom is 0.180 e. The SMILES string of the molecule is CC(C)N1CCOc2cncnc21. The van der Waals surface area contributed by atoms with Crippen LogP contribution in [0.15, 0.2) is 12.5 Å². The van der Waals surface area contributed by atoms with E-state index in [2.05, 4.69) is 28.7 Å². The van der Waals surface area contributed by atoms with Gasteiger partial charge >= 0.3 is 0 Å². The molecular formula is C9H13N3O. The second kappa shape index (κ2) is 3.20. The molecule has 1 aromatic rings. The van der Waals surface area contributed by atoms with Gasteiger partial charge in [-0.25, -0.2) is 9.97 Å². The second-order valence-corrected chi connectivity index (χ2v) is 3.35. The average Bonchev–Trinajstić information content (AvgIpc) is 2.17. The summed E-state index contributed by atoms with van der Waals surface area (Å²) in [5, 5.41) is 0. The van der Waals surface area contributed by atoms with Gasteiger partial charge in [0.05, 0.1) is 12.7 Å². The molecule has 2 rings (SSSR count). The summed E-state index contributed by atoms with van der Waals surface area (Å²) in [6, 6.07) is 0.456. The fourth-order valence-corrected chi connectivity index (χ4v) is 1.49. The average molecular weight is 179 g/mol. The summed E-state index contributed by atoms with van der Waals surface area (Å²) in [5.74, 6) is 1.71. The van der Waals surface area contributed by atoms with Crippen LogP contribution in [-0.2, 0) is 0 Å². The Hall–Kier alpha value is -1.32. The number of hydrogen-bond acceptors (Lipinski definition) is 4. The number of rotatable bonds is 1. The van der Waals surface area contributed by atoms with Gasteiger partial charge in [-0.1, -0.05) is 0 Å². The Morgan fingerprint density at radius 3 is 3.15 bits per heavy atom.